The summed E-state index contributed by atoms with van der Waals surface area (Å²) in [6.45, 7) is 4.74. The molecule has 4 nitrogen and oxygen atoms in total. The Morgan fingerprint density at radius 2 is 2.11 bits per heavy atom. The molecule has 104 valence electrons. The maximum Gasteiger partial charge on any atom is 0.270 e. The number of nitrogens with zero attached hydrogens (tertiary/aromatic N) is 1. The lowest BCUT2D eigenvalue weighted by molar-refractivity contribution is 0.0787. The van der Waals surface area contributed by atoms with Crippen LogP contribution in [0.15, 0.2) is 0 Å². The number of hydrogen-bond donors (Lipinski definition) is 1. The fraction of sp³-hybridized carbons (Fsp3) is 0.600. The van der Waals surface area contributed by atoms with Crippen molar-refractivity contribution in [3.63, 3.8) is 0 Å². The van der Waals surface area contributed by atoms with Crippen molar-refractivity contribution in [3.05, 3.63) is 22.5 Å². The van der Waals surface area contributed by atoms with E-state index in [0.29, 0.717) is 12.1 Å². The Morgan fingerprint density at radius 1 is 1.37 bits per heavy atom. The number of unbranched alkanes of at least 4 members (excludes halogenated alkanes) is 1. The van der Waals surface area contributed by atoms with Crippen LogP contribution < -0.4 is 0 Å². The summed E-state index contributed by atoms with van der Waals surface area (Å²) in [5.41, 5.74) is 3.13. The minimum absolute atomic E-state index is 0.00634. The highest BCUT2D eigenvalue weighted by molar-refractivity contribution is 6.04. The summed E-state index contributed by atoms with van der Waals surface area (Å²) in [5.74, 6) is 0.165. The Labute approximate surface area is 114 Å². The molecule has 0 fully saturated rings. The van der Waals surface area contributed by atoms with Crippen LogP contribution in [0.2, 0.25) is 0 Å². The Morgan fingerprint density at radius 3 is 2.74 bits per heavy atom. The molecule has 0 aromatic carbocycles. The zero-order valence-electron chi connectivity index (χ0n) is 12.0. The number of hydrogen-bond acceptors (Lipinski definition) is 2. The van der Waals surface area contributed by atoms with E-state index < -0.39 is 0 Å². The quantitative estimate of drug-likeness (QED) is 0.907. The molecule has 19 heavy (non-hydrogen) atoms. The first-order valence-electron chi connectivity index (χ1n) is 7.06. The van der Waals surface area contributed by atoms with Crippen LogP contribution in [0.1, 0.15) is 64.7 Å². The Hall–Kier alpha value is -1.58. The van der Waals surface area contributed by atoms with Gasteiger partial charge in [-0.05, 0) is 31.7 Å². The number of aromatic amines is 1. The molecule has 0 saturated carbocycles. The van der Waals surface area contributed by atoms with Gasteiger partial charge < -0.3 is 9.88 Å². The van der Waals surface area contributed by atoms with Crippen molar-refractivity contribution in [2.24, 2.45) is 0 Å². The number of ketones is 1. The van der Waals surface area contributed by atoms with Crippen LogP contribution in [0.3, 0.4) is 0 Å². The summed E-state index contributed by atoms with van der Waals surface area (Å²) in [4.78, 5) is 29.2. The van der Waals surface area contributed by atoms with Crippen LogP contribution in [0.25, 0.3) is 0 Å². The fourth-order valence-corrected chi connectivity index (χ4v) is 2.68. The first-order valence-corrected chi connectivity index (χ1v) is 7.06. The molecule has 2 rings (SSSR count). The maximum atomic E-state index is 12.4. The van der Waals surface area contributed by atoms with Crippen molar-refractivity contribution in [1.29, 1.82) is 0 Å². The van der Waals surface area contributed by atoms with Crippen LogP contribution in [-0.4, -0.2) is 35.2 Å². The molecule has 1 N–H and O–H groups in total. The Balaban J connectivity index is 2.26. The van der Waals surface area contributed by atoms with E-state index in [0.717, 1.165) is 49.0 Å². The molecule has 1 aromatic rings. The third kappa shape index (κ3) is 2.57. The molecule has 0 atom stereocenters. The lowest BCUT2D eigenvalue weighted by Crippen LogP contribution is -2.28. The van der Waals surface area contributed by atoms with Gasteiger partial charge in [0, 0.05) is 31.3 Å². The Bertz CT molecular complexity index is 502. The van der Waals surface area contributed by atoms with Gasteiger partial charge >= 0.3 is 0 Å². The lowest BCUT2D eigenvalue weighted by Gasteiger charge is -2.16. The second-order valence-electron chi connectivity index (χ2n) is 5.34. The van der Waals surface area contributed by atoms with Crippen molar-refractivity contribution >= 4 is 11.7 Å². The summed E-state index contributed by atoms with van der Waals surface area (Å²) in [6.07, 6.45) is 4.42. The molecule has 0 bridgehead atoms. The predicted octanol–water partition coefficient (Wildman–Crippen LogP) is 2.71. The predicted molar refractivity (Wildman–Crippen MR) is 74.7 cm³/mol. The van der Waals surface area contributed by atoms with Crippen LogP contribution >= 0.6 is 0 Å². The van der Waals surface area contributed by atoms with Crippen LogP contribution in [0, 0.1) is 6.92 Å². The minimum Gasteiger partial charge on any atom is -0.354 e. The monoisotopic (exact) mass is 262 g/mol. The normalized spacial score (nSPS) is 14.4. The molecule has 0 saturated heterocycles. The second-order valence-corrected chi connectivity index (χ2v) is 5.34. The third-order valence-corrected chi connectivity index (χ3v) is 3.84. The van der Waals surface area contributed by atoms with Gasteiger partial charge in [0.1, 0.15) is 5.69 Å². The van der Waals surface area contributed by atoms with Gasteiger partial charge in [-0.1, -0.05) is 13.3 Å². The lowest BCUT2D eigenvalue weighted by atomic mass is 9.94. The van der Waals surface area contributed by atoms with Crippen LogP contribution in [-0.2, 0) is 6.42 Å². The van der Waals surface area contributed by atoms with Crippen molar-refractivity contribution in [2.45, 2.75) is 46.0 Å². The largest absolute Gasteiger partial charge is 0.354 e. The zero-order valence-corrected chi connectivity index (χ0v) is 12.0. The maximum absolute atomic E-state index is 12.4. The average Bonchev–Trinajstić information content (AvgIpc) is 2.73. The summed E-state index contributed by atoms with van der Waals surface area (Å²) in [7, 11) is 1.82. The number of amides is 1. The van der Waals surface area contributed by atoms with E-state index in [1.54, 1.807) is 4.90 Å². The summed E-state index contributed by atoms with van der Waals surface area (Å²) >= 11 is 0. The third-order valence-electron chi connectivity index (χ3n) is 3.84. The van der Waals surface area contributed by atoms with Crippen molar-refractivity contribution in [1.82, 2.24) is 9.88 Å². The van der Waals surface area contributed by atoms with Crippen LogP contribution in [0.4, 0.5) is 0 Å². The molecule has 1 aliphatic carbocycles. The van der Waals surface area contributed by atoms with E-state index in [1.807, 2.05) is 14.0 Å². The molecule has 1 aromatic heterocycles. The van der Waals surface area contributed by atoms with E-state index in [9.17, 15) is 9.59 Å². The standard InChI is InChI=1S/C15H22N2O2/c1-4-5-9-17(3)15(19)14-10(2)13-11(16-14)7-6-8-12(13)18/h16H,4-9H2,1-3H3. The van der Waals surface area contributed by atoms with Gasteiger partial charge in [0.05, 0.1) is 0 Å². The molecule has 0 unspecified atom stereocenters. The van der Waals surface area contributed by atoms with Crippen molar-refractivity contribution < 1.29 is 9.59 Å². The smallest absolute Gasteiger partial charge is 0.270 e. The number of rotatable bonds is 4. The SMILES string of the molecule is CCCCN(C)C(=O)c1[nH]c2c(c1C)C(=O)CCC2. The highest BCUT2D eigenvalue weighted by Gasteiger charge is 2.27. The Kier molecular flexibility index (Phi) is 4.08. The molecule has 1 amide bonds. The molecule has 1 aliphatic rings. The number of Topliss-reactive ketones (excluding diaryl/α,β-unsaturated/α-hetero) is 1. The summed E-state index contributed by atoms with van der Waals surface area (Å²) in [5, 5.41) is 0. The van der Waals surface area contributed by atoms with Crippen LogP contribution in [0.5, 0.6) is 0 Å². The second kappa shape index (κ2) is 5.59. The number of aromatic nitrogens is 1. The number of carbonyl (C=O) groups is 2. The van der Waals surface area contributed by atoms with E-state index >= 15 is 0 Å². The highest BCUT2D eigenvalue weighted by atomic mass is 16.2. The van der Waals surface area contributed by atoms with E-state index in [1.165, 1.54) is 0 Å². The number of H-pyrrole nitrogens is 1. The van der Waals surface area contributed by atoms with E-state index in [2.05, 4.69) is 11.9 Å². The van der Waals surface area contributed by atoms with Gasteiger partial charge in [-0.2, -0.15) is 0 Å². The molecule has 4 heteroatoms. The molecule has 0 spiro atoms. The zero-order chi connectivity index (χ0) is 14.0. The number of nitrogens with one attached hydrogen (secondary N) is 1. The average molecular weight is 262 g/mol. The highest BCUT2D eigenvalue weighted by Crippen LogP contribution is 2.27. The number of fused-ring (bicyclic) bond motifs is 1. The number of carbonyl (C=O) groups excluding carboxylic acids is 2. The summed E-state index contributed by atoms with van der Waals surface area (Å²) < 4.78 is 0. The van der Waals surface area contributed by atoms with E-state index in [-0.39, 0.29) is 11.7 Å². The molecule has 0 radical (unpaired) electrons. The molecule has 0 aliphatic heterocycles. The van der Waals surface area contributed by atoms with Gasteiger partial charge in [0.15, 0.2) is 5.78 Å². The van der Waals surface area contributed by atoms with Crippen molar-refractivity contribution in [2.75, 3.05) is 13.6 Å². The first kappa shape index (κ1) is 13.8. The topological polar surface area (TPSA) is 53.2 Å². The number of aryl methyl sites for hydroxylation is 1. The van der Waals surface area contributed by atoms with Gasteiger partial charge in [-0.15, -0.1) is 0 Å². The van der Waals surface area contributed by atoms with Gasteiger partial charge in [0.2, 0.25) is 0 Å². The van der Waals surface area contributed by atoms with Gasteiger partial charge in [0.25, 0.3) is 5.91 Å². The molecular weight excluding hydrogens is 240 g/mol. The fourth-order valence-electron chi connectivity index (χ4n) is 2.68. The first-order chi connectivity index (χ1) is 9.06. The minimum atomic E-state index is -0.00634. The molecule has 1 heterocycles. The van der Waals surface area contributed by atoms with Crippen molar-refractivity contribution in [3.8, 4) is 0 Å². The molecular formula is C15H22N2O2. The van der Waals surface area contributed by atoms with Gasteiger partial charge in [-0.3, -0.25) is 9.59 Å². The van der Waals surface area contributed by atoms with E-state index in [4.69, 9.17) is 0 Å². The summed E-state index contributed by atoms with van der Waals surface area (Å²) in [6, 6.07) is 0. The van der Waals surface area contributed by atoms with Gasteiger partial charge in [-0.25, -0.2) is 0 Å².